The molecule has 0 fully saturated rings. The van der Waals surface area contributed by atoms with Crippen LogP contribution in [0.15, 0.2) is 34.9 Å². The Morgan fingerprint density at radius 1 is 1.07 bits per heavy atom. The minimum Gasteiger partial charge on any atom is -0.489 e. The van der Waals surface area contributed by atoms with Gasteiger partial charge in [0.25, 0.3) is 0 Å². The van der Waals surface area contributed by atoms with Crippen LogP contribution in [0.3, 0.4) is 0 Å². The summed E-state index contributed by atoms with van der Waals surface area (Å²) in [6.45, 7) is 14.6. The van der Waals surface area contributed by atoms with Crippen LogP contribution >= 0.6 is 0 Å². The van der Waals surface area contributed by atoms with Crippen LogP contribution in [0, 0.1) is 6.92 Å². The van der Waals surface area contributed by atoms with Gasteiger partial charge in [0.1, 0.15) is 12.4 Å². The van der Waals surface area contributed by atoms with Gasteiger partial charge in [0.2, 0.25) is 11.6 Å². The first-order valence-electron chi connectivity index (χ1n) is 10.00. The highest BCUT2D eigenvalue weighted by atomic mass is 16.5. The summed E-state index contributed by atoms with van der Waals surface area (Å²) in [7, 11) is 0. The van der Waals surface area contributed by atoms with E-state index >= 15 is 0 Å². The molecule has 0 unspecified atom stereocenters. The molecule has 0 atom stereocenters. The summed E-state index contributed by atoms with van der Waals surface area (Å²) >= 11 is 0. The molecule has 3 heteroatoms. The van der Waals surface area contributed by atoms with E-state index in [-0.39, 0.29) is 5.92 Å². The van der Waals surface area contributed by atoms with Gasteiger partial charge in [-0.1, -0.05) is 31.1 Å². The van der Waals surface area contributed by atoms with Crippen molar-refractivity contribution in [2.75, 3.05) is 6.61 Å². The van der Waals surface area contributed by atoms with Gasteiger partial charge in [-0.3, -0.25) is 9.59 Å². The number of Topliss-reactive ketones (excluding diaryl/α,β-unsaturated/α-hetero) is 2. The zero-order valence-corrected chi connectivity index (χ0v) is 18.2. The minimum absolute atomic E-state index is 0.178. The van der Waals surface area contributed by atoms with Gasteiger partial charge in [0, 0.05) is 16.7 Å². The van der Waals surface area contributed by atoms with Crippen LogP contribution < -0.4 is 4.74 Å². The molecule has 1 aliphatic rings. The molecule has 0 N–H and O–H groups in total. The Morgan fingerprint density at radius 3 is 2.36 bits per heavy atom. The van der Waals surface area contributed by atoms with Crippen LogP contribution in [0.2, 0.25) is 0 Å². The Labute approximate surface area is 169 Å². The zero-order valence-electron chi connectivity index (χ0n) is 18.2. The van der Waals surface area contributed by atoms with Crippen molar-refractivity contribution < 1.29 is 14.3 Å². The van der Waals surface area contributed by atoms with Crippen LogP contribution in [-0.4, -0.2) is 18.2 Å². The van der Waals surface area contributed by atoms with Crippen LogP contribution in [0.4, 0.5) is 0 Å². The molecule has 1 aromatic rings. The Bertz CT molecular complexity index is 876. The quantitative estimate of drug-likeness (QED) is 0.408. The highest BCUT2D eigenvalue weighted by Crippen LogP contribution is 2.38. The summed E-state index contributed by atoms with van der Waals surface area (Å²) in [5.41, 5.74) is 6.29. The van der Waals surface area contributed by atoms with E-state index in [4.69, 9.17) is 4.74 Å². The zero-order chi connectivity index (χ0) is 21.0. The van der Waals surface area contributed by atoms with Crippen molar-refractivity contribution in [3.63, 3.8) is 0 Å². The van der Waals surface area contributed by atoms with Crippen LogP contribution in [0.1, 0.15) is 87.4 Å². The third-order valence-corrected chi connectivity index (χ3v) is 5.06. The molecule has 0 saturated carbocycles. The van der Waals surface area contributed by atoms with E-state index in [1.165, 1.54) is 11.1 Å². The lowest BCUT2D eigenvalue weighted by Gasteiger charge is -2.23. The Morgan fingerprint density at radius 2 is 1.75 bits per heavy atom. The number of fused-ring (bicyclic) bond motifs is 1. The maximum atomic E-state index is 12.5. The van der Waals surface area contributed by atoms with Crippen LogP contribution in [-0.2, 0) is 4.79 Å². The lowest BCUT2D eigenvalue weighted by Crippen LogP contribution is -2.23. The van der Waals surface area contributed by atoms with Gasteiger partial charge in [-0.15, -0.1) is 0 Å². The van der Waals surface area contributed by atoms with Crippen molar-refractivity contribution in [1.82, 2.24) is 0 Å². The molecule has 0 saturated heterocycles. The molecular weight excluding hydrogens is 348 g/mol. The number of rotatable bonds is 7. The number of ketones is 2. The third kappa shape index (κ3) is 4.89. The van der Waals surface area contributed by atoms with E-state index in [1.54, 1.807) is 6.92 Å². The summed E-state index contributed by atoms with van der Waals surface area (Å²) in [6.07, 6.45) is 8.27. The highest BCUT2D eigenvalue weighted by Gasteiger charge is 2.30. The minimum atomic E-state index is -0.408. The SMILES string of the molecule is CC(C)=CCCC(C)=CCOc1cc(C)c2c(c1C(C)C)C=C(C)C(=O)C2=O. The van der Waals surface area contributed by atoms with Crippen LogP contribution in [0.25, 0.3) is 6.08 Å². The number of carbonyl (C=O) groups excluding carboxylic acids is 2. The lowest BCUT2D eigenvalue weighted by molar-refractivity contribution is -0.111. The smallest absolute Gasteiger partial charge is 0.234 e. The van der Waals surface area contributed by atoms with Gasteiger partial charge in [-0.05, 0) is 82.7 Å². The summed E-state index contributed by atoms with van der Waals surface area (Å²) in [5.74, 6) is 0.160. The standard InChI is InChI=1S/C25H32O3/c1-15(2)9-8-10-17(5)11-12-28-21-14-18(6)23-20(22(21)16(3)4)13-19(7)24(26)25(23)27/h9,11,13-14,16H,8,10,12H2,1-7H3. The summed E-state index contributed by atoms with van der Waals surface area (Å²) < 4.78 is 6.12. The maximum absolute atomic E-state index is 12.5. The Hall–Kier alpha value is -2.42. The molecule has 0 aliphatic heterocycles. The monoisotopic (exact) mass is 380 g/mol. The van der Waals surface area contributed by atoms with Gasteiger partial charge < -0.3 is 4.74 Å². The fourth-order valence-corrected chi connectivity index (χ4v) is 3.53. The fourth-order valence-electron chi connectivity index (χ4n) is 3.53. The predicted molar refractivity (Wildman–Crippen MR) is 116 cm³/mol. The number of ether oxygens (including phenoxy) is 1. The number of hydrogen-bond acceptors (Lipinski definition) is 3. The van der Waals surface area contributed by atoms with Crippen molar-refractivity contribution in [3.05, 3.63) is 57.2 Å². The lowest BCUT2D eigenvalue weighted by atomic mass is 9.82. The Balaban J connectivity index is 2.31. The first-order chi connectivity index (χ1) is 13.1. The average Bonchev–Trinajstić information content (AvgIpc) is 2.58. The molecule has 0 aromatic heterocycles. The van der Waals surface area contributed by atoms with E-state index in [2.05, 4.69) is 46.8 Å². The molecule has 0 bridgehead atoms. The molecule has 3 nitrogen and oxygen atoms in total. The molecule has 2 rings (SSSR count). The molecule has 28 heavy (non-hydrogen) atoms. The van der Waals surface area contributed by atoms with E-state index in [1.807, 2.05) is 19.1 Å². The molecule has 0 heterocycles. The number of aryl methyl sites for hydroxylation is 1. The van der Waals surface area contributed by atoms with E-state index in [0.29, 0.717) is 17.7 Å². The Kier molecular flexibility index (Phi) is 7.17. The van der Waals surface area contributed by atoms with Gasteiger partial charge >= 0.3 is 0 Å². The van der Waals surface area contributed by atoms with E-state index < -0.39 is 11.6 Å². The van der Waals surface area contributed by atoms with Crippen molar-refractivity contribution >= 4 is 17.6 Å². The second kappa shape index (κ2) is 9.18. The van der Waals surface area contributed by atoms with Crippen molar-refractivity contribution in [1.29, 1.82) is 0 Å². The van der Waals surface area contributed by atoms with Crippen molar-refractivity contribution in [2.45, 2.75) is 67.2 Å². The van der Waals surface area contributed by atoms with Crippen molar-refractivity contribution in [3.8, 4) is 5.75 Å². The predicted octanol–water partition coefficient (Wildman–Crippen LogP) is 6.36. The van der Waals surface area contributed by atoms with Gasteiger partial charge in [-0.2, -0.15) is 0 Å². The summed E-state index contributed by atoms with van der Waals surface area (Å²) in [5, 5.41) is 0. The number of hydrogen-bond donors (Lipinski definition) is 0. The molecule has 0 amide bonds. The van der Waals surface area contributed by atoms with E-state index in [9.17, 15) is 9.59 Å². The second-order valence-corrected chi connectivity index (χ2v) is 8.22. The normalized spacial score (nSPS) is 14.1. The van der Waals surface area contributed by atoms with E-state index in [0.717, 1.165) is 35.3 Å². The number of allylic oxidation sites excluding steroid dienone is 4. The highest BCUT2D eigenvalue weighted by molar-refractivity contribution is 6.52. The van der Waals surface area contributed by atoms with Gasteiger partial charge in [0.15, 0.2) is 0 Å². The number of carbonyl (C=O) groups is 2. The summed E-state index contributed by atoms with van der Waals surface area (Å²) in [4.78, 5) is 24.7. The fraction of sp³-hybridized carbons (Fsp3) is 0.440. The molecule has 1 aromatic carbocycles. The molecule has 150 valence electrons. The van der Waals surface area contributed by atoms with Gasteiger partial charge in [0.05, 0.1) is 0 Å². The average molecular weight is 381 g/mol. The second-order valence-electron chi connectivity index (χ2n) is 8.22. The molecular formula is C25H32O3. The first-order valence-corrected chi connectivity index (χ1v) is 10.00. The summed E-state index contributed by atoms with van der Waals surface area (Å²) in [6, 6.07) is 1.90. The van der Waals surface area contributed by atoms with Gasteiger partial charge in [-0.25, -0.2) is 0 Å². The molecule has 0 spiro atoms. The molecule has 0 radical (unpaired) electrons. The topological polar surface area (TPSA) is 43.4 Å². The largest absolute Gasteiger partial charge is 0.489 e. The third-order valence-electron chi connectivity index (χ3n) is 5.06. The van der Waals surface area contributed by atoms with Crippen molar-refractivity contribution in [2.24, 2.45) is 0 Å². The first kappa shape index (κ1) is 21.9. The maximum Gasteiger partial charge on any atom is 0.234 e. The molecule has 1 aliphatic carbocycles. The number of benzene rings is 1. The van der Waals surface area contributed by atoms with Crippen LogP contribution in [0.5, 0.6) is 5.75 Å².